The fraction of sp³-hybridized carbons (Fsp3) is 0.158. The Morgan fingerprint density at radius 1 is 1.36 bits per heavy atom. The van der Waals surface area contributed by atoms with E-state index < -0.39 is 5.78 Å². The van der Waals surface area contributed by atoms with E-state index in [9.17, 15) is 15.2 Å². The minimum absolute atomic E-state index is 0.0309. The number of carbonyl (C=O) groups is 1. The van der Waals surface area contributed by atoms with Gasteiger partial charge in [-0.05, 0) is 58.8 Å². The van der Waals surface area contributed by atoms with Gasteiger partial charge in [0, 0.05) is 5.56 Å². The smallest absolute Gasteiger partial charge is 0.203 e. The molecule has 128 valence electrons. The number of phenols is 1. The van der Waals surface area contributed by atoms with Crippen LogP contribution in [-0.2, 0) is 0 Å². The minimum Gasteiger partial charge on any atom is -0.503 e. The number of halogens is 1. The molecule has 0 heterocycles. The number of carbonyl (C=O) groups excluding carboxylic acids is 1. The molecular formula is C19H16BrNO4. The number of hydrogen-bond acceptors (Lipinski definition) is 5. The van der Waals surface area contributed by atoms with Crippen LogP contribution in [0.5, 0.6) is 17.2 Å². The maximum Gasteiger partial charge on any atom is 0.203 e. The molecule has 0 atom stereocenters. The van der Waals surface area contributed by atoms with Crippen LogP contribution in [0, 0.1) is 11.3 Å². The average molecular weight is 402 g/mol. The third-order valence-corrected chi connectivity index (χ3v) is 3.96. The van der Waals surface area contributed by atoms with Crippen LogP contribution in [0.3, 0.4) is 0 Å². The second-order valence-electron chi connectivity index (χ2n) is 5.01. The molecule has 25 heavy (non-hydrogen) atoms. The Morgan fingerprint density at radius 2 is 2.12 bits per heavy atom. The van der Waals surface area contributed by atoms with E-state index in [1.165, 1.54) is 13.2 Å². The van der Waals surface area contributed by atoms with Gasteiger partial charge in [0.25, 0.3) is 0 Å². The fourth-order valence-corrected chi connectivity index (χ4v) is 2.64. The first-order chi connectivity index (χ1) is 12.0. The summed E-state index contributed by atoms with van der Waals surface area (Å²) in [6.45, 7) is 2.17. The van der Waals surface area contributed by atoms with Crippen LogP contribution in [0.1, 0.15) is 22.8 Å². The number of nitriles is 1. The van der Waals surface area contributed by atoms with Crippen LogP contribution in [0.15, 0.2) is 46.4 Å². The Balaban J connectivity index is 2.43. The number of rotatable bonds is 6. The number of Topliss-reactive ketones (excluding diaryl/α,β-unsaturated/α-hetero) is 1. The Kier molecular flexibility index (Phi) is 6.20. The van der Waals surface area contributed by atoms with Crippen molar-refractivity contribution in [3.05, 3.63) is 57.6 Å². The second kappa shape index (κ2) is 8.36. The molecule has 0 amide bonds. The number of ketones is 1. The van der Waals surface area contributed by atoms with Gasteiger partial charge in [0.1, 0.15) is 17.4 Å². The van der Waals surface area contributed by atoms with Crippen molar-refractivity contribution in [1.82, 2.24) is 0 Å². The molecule has 2 aromatic carbocycles. The van der Waals surface area contributed by atoms with Crippen molar-refractivity contribution in [3.63, 3.8) is 0 Å². The van der Waals surface area contributed by atoms with Gasteiger partial charge in [0.05, 0.1) is 18.2 Å². The fourth-order valence-electron chi connectivity index (χ4n) is 2.18. The van der Waals surface area contributed by atoms with Gasteiger partial charge in [-0.15, -0.1) is 0 Å². The van der Waals surface area contributed by atoms with Crippen molar-refractivity contribution in [3.8, 4) is 23.3 Å². The maximum atomic E-state index is 12.6. The molecule has 0 fully saturated rings. The molecule has 0 aromatic heterocycles. The predicted molar refractivity (Wildman–Crippen MR) is 97.9 cm³/mol. The monoisotopic (exact) mass is 401 g/mol. The van der Waals surface area contributed by atoms with Gasteiger partial charge in [-0.2, -0.15) is 5.26 Å². The van der Waals surface area contributed by atoms with Crippen molar-refractivity contribution in [2.45, 2.75) is 6.92 Å². The summed E-state index contributed by atoms with van der Waals surface area (Å²) in [7, 11) is 1.51. The van der Waals surface area contributed by atoms with Gasteiger partial charge in [0.2, 0.25) is 5.78 Å². The molecule has 5 nitrogen and oxygen atoms in total. The Morgan fingerprint density at radius 3 is 2.76 bits per heavy atom. The summed E-state index contributed by atoms with van der Waals surface area (Å²) in [6, 6.07) is 11.7. The summed E-state index contributed by atoms with van der Waals surface area (Å²) in [6.07, 6.45) is 1.45. The topological polar surface area (TPSA) is 79.5 Å². The van der Waals surface area contributed by atoms with Gasteiger partial charge in [-0.25, -0.2) is 0 Å². The number of aromatic hydroxyl groups is 1. The molecule has 0 saturated carbocycles. The van der Waals surface area contributed by atoms with Crippen LogP contribution >= 0.6 is 15.9 Å². The van der Waals surface area contributed by atoms with E-state index in [2.05, 4.69) is 15.9 Å². The number of benzene rings is 2. The largest absolute Gasteiger partial charge is 0.503 e. The number of phenolic OH excluding ortho intramolecular Hbond substituents is 1. The van der Waals surface area contributed by atoms with Crippen LogP contribution in [-0.4, -0.2) is 24.6 Å². The lowest BCUT2D eigenvalue weighted by Crippen LogP contribution is -2.02. The molecular weight excluding hydrogens is 386 g/mol. The zero-order valence-corrected chi connectivity index (χ0v) is 15.3. The van der Waals surface area contributed by atoms with E-state index in [4.69, 9.17) is 9.47 Å². The van der Waals surface area contributed by atoms with Crippen molar-refractivity contribution >= 4 is 27.8 Å². The predicted octanol–water partition coefficient (Wildman–Crippen LogP) is 4.35. The average Bonchev–Trinajstić information content (AvgIpc) is 2.63. The first-order valence-electron chi connectivity index (χ1n) is 7.46. The van der Waals surface area contributed by atoms with Crippen LogP contribution in [0.4, 0.5) is 0 Å². The van der Waals surface area contributed by atoms with Gasteiger partial charge >= 0.3 is 0 Å². The summed E-state index contributed by atoms with van der Waals surface area (Å²) < 4.78 is 10.9. The van der Waals surface area contributed by atoms with Gasteiger partial charge in [-0.3, -0.25) is 4.79 Å². The molecule has 0 aliphatic heterocycles. The van der Waals surface area contributed by atoms with Gasteiger partial charge in [-0.1, -0.05) is 12.1 Å². The van der Waals surface area contributed by atoms with Gasteiger partial charge in [0.15, 0.2) is 11.5 Å². The molecule has 2 rings (SSSR count). The van der Waals surface area contributed by atoms with Crippen LogP contribution in [0.2, 0.25) is 0 Å². The van der Waals surface area contributed by atoms with E-state index in [-0.39, 0.29) is 17.1 Å². The lowest BCUT2D eigenvalue weighted by atomic mass is 10.0. The lowest BCUT2D eigenvalue weighted by Gasteiger charge is -2.09. The third-order valence-electron chi connectivity index (χ3n) is 3.36. The summed E-state index contributed by atoms with van der Waals surface area (Å²) in [5.41, 5.74) is 0.879. The third kappa shape index (κ3) is 4.40. The van der Waals surface area contributed by atoms with Crippen molar-refractivity contribution < 1.29 is 19.4 Å². The molecule has 0 saturated heterocycles. The summed E-state index contributed by atoms with van der Waals surface area (Å²) in [5, 5.41) is 19.3. The lowest BCUT2D eigenvalue weighted by molar-refractivity contribution is 0.103. The molecule has 1 N–H and O–H groups in total. The highest BCUT2D eigenvalue weighted by Gasteiger charge is 2.14. The van der Waals surface area contributed by atoms with E-state index in [1.807, 2.05) is 6.07 Å². The number of methoxy groups -OCH3 is 1. The molecule has 0 unspecified atom stereocenters. The first kappa shape index (κ1) is 18.6. The number of allylic oxidation sites excluding steroid dienone is 1. The number of ether oxygens (including phenoxy) is 2. The second-order valence-corrected chi connectivity index (χ2v) is 5.87. The Bertz CT molecular complexity index is 868. The van der Waals surface area contributed by atoms with Crippen molar-refractivity contribution in [1.29, 1.82) is 5.26 Å². The molecule has 0 radical (unpaired) electrons. The first-order valence-corrected chi connectivity index (χ1v) is 8.25. The molecule has 0 bridgehead atoms. The zero-order valence-electron chi connectivity index (χ0n) is 13.7. The highest BCUT2D eigenvalue weighted by molar-refractivity contribution is 9.10. The maximum absolute atomic E-state index is 12.6. The number of hydrogen-bond donors (Lipinski definition) is 1. The minimum atomic E-state index is -0.413. The standard InChI is InChI=1S/C19H16BrNO4/c1-3-25-17-9-12(8-16(20)19(17)23)7-14(11-21)18(22)13-5-4-6-15(10-13)24-2/h4-10,23H,3H2,1-2H3. The molecule has 0 aliphatic rings. The van der Waals surface area contributed by atoms with E-state index in [1.54, 1.807) is 43.3 Å². The summed E-state index contributed by atoms with van der Waals surface area (Å²) >= 11 is 3.24. The van der Waals surface area contributed by atoms with E-state index >= 15 is 0 Å². The Labute approximate surface area is 154 Å². The SMILES string of the molecule is CCOc1cc(C=C(C#N)C(=O)c2cccc(OC)c2)cc(Br)c1O. The Hall–Kier alpha value is -2.78. The molecule has 2 aromatic rings. The summed E-state index contributed by atoms with van der Waals surface area (Å²) in [5.74, 6) is 0.364. The normalized spacial score (nSPS) is 10.9. The molecule has 0 spiro atoms. The van der Waals surface area contributed by atoms with Crippen LogP contribution < -0.4 is 9.47 Å². The van der Waals surface area contributed by atoms with E-state index in [0.29, 0.717) is 28.0 Å². The van der Waals surface area contributed by atoms with E-state index in [0.717, 1.165) is 0 Å². The highest BCUT2D eigenvalue weighted by Crippen LogP contribution is 2.36. The molecule has 6 heteroatoms. The summed E-state index contributed by atoms with van der Waals surface area (Å²) in [4.78, 5) is 12.6. The molecule has 0 aliphatic carbocycles. The zero-order chi connectivity index (χ0) is 18.4. The van der Waals surface area contributed by atoms with Gasteiger partial charge < -0.3 is 14.6 Å². The quantitative estimate of drug-likeness (QED) is 0.442. The van der Waals surface area contributed by atoms with Crippen molar-refractivity contribution in [2.24, 2.45) is 0 Å². The van der Waals surface area contributed by atoms with Crippen LogP contribution in [0.25, 0.3) is 6.08 Å². The highest BCUT2D eigenvalue weighted by atomic mass is 79.9. The number of nitrogens with zero attached hydrogens (tertiary/aromatic N) is 1. The van der Waals surface area contributed by atoms with Crippen molar-refractivity contribution in [2.75, 3.05) is 13.7 Å².